The Morgan fingerprint density at radius 2 is 1.74 bits per heavy atom. The number of amides is 1. The SMILES string of the molecule is O=C(CN1c2ccc(F)cc2-c2ccccc2S1(=O)=O)NCCCc1ccccc1Cl. The smallest absolute Gasteiger partial charge is 0.265 e. The summed E-state index contributed by atoms with van der Waals surface area (Å²) in [7, 11) is -3.95. The van der Waals surface area contributed by atoms with E-state index in [4.69, 9.17) is 11.6 Å². The number of hydrogen-bond donors (Lipinski definition) is 1. The minimum atomic E-state index is -3.95. The molecule has 1 aliphatic heterocycles. The molecule has 0 fully saturated rings. The van der Waals surface area contributed by atoms with E-state index in [9.17, 15) is 17.6 Å². The van der Waals surface area contributed by atoms with Crippen molar-refractivity contribution >= 4 is 33.2 Å². The molecule has 0 aromatic heterocycles. The Kier molecular flexibility index (Phi) is 5.98. The molecule has 0 saturated carbocycles. The van der Waals surface area contributed by atoms with E-state index in [0.29, 0.717) is 35.5 Å². The molecule has 5 nitrogen and oxygen atoms in total. The normalized spacial score (nSPS) is 13.9. The molecule has 31 heavy (non-hydrogen) atoms. The van der Waals surface area contributed by atoms with E-state index < -0.39 is 21.7 Å². The number of nitrogens with zero attached hydrogens (tertiary/aromatic N) is 1. The highest BCUT2D eigenvalue weighted by atomic mass is 35.5. The average Bonchev–Trinajstić information content (AvgIpc) is 2.75. The van der Waals surface area contributed by atoms with Crippen LogP contribution < -0.4 is 9.62 Å². The topological polar surface area (TPSA) is 66.5 Å². The minimum absolute atomic E-state index is 0.0552. The molecule has 0 atom stereocenters. The molecule has 0 aliphatic carbocycles. The van der Waals surface area contributed by atoms with Gasteiger partial charge in [-0.15, -0.1) is 0 Å². The van der Waals surface area contributed by atoms with Gasteiger partial charge in [-0.2, -0.15) is 0 Å². The Hall–Kier alpha value is -2.90. The first-order valence-electron chi connectivity index (χ1n) is 9.80. The predicted octanol–water partition coefficient (Wildman–Crippen LogP) is 4.40. The van der Waals surface area contributed by atoms with Gasteiger partial charge < -0.3 is 5.32 Å². The van der Waals surface area contributed by atoms with Crippen LogP contribution in [0.3, 0.4) is 0 Å². The van der Waals surface area contributed by atoms with E-state index >= 15 is 0 Å². The summed E-state index contributed by atoms with van der Waals surface area (Å²) in [6.45, 7) is -0.00774. The zero-order chi connectivity index (χ0) is 22.0. The number of fused-ring (bicyclic) bond motifs is 3. The van der Waals surface area contributed by atoms with Crippen LogP contribution in [-0.4, -0.2) is 27.4 Å². The summed E-state index contributed by atoms with van der Waals surface area (Å²) in [6, 6.07) is 17.8. The maximum Gasteiger partial charge on any atom is 0.265 e. The van der Waals surface area contributed by atoms with Crippen LogP contribution >= 0.6 is 11.6 Å². The molecule has 1 N–H and O–H groups in total. The van der Waals surface area contributed by atoms with Crippen molar-refractivity contribution in [2.75, 3.05) is 17.4 Å². The molecule has 0 radical (unpaired) electrons. The summed E-state index contributed by atoms with van der Waals surface area (Å²) < 4.78 is 41.3. The number of sulfonamides is 1. The van der Waals surface area contributed by atoms with Crippen LogP contribution in [0.1, 0.15) is 12.0 Å². The Morgan fingerprint density at radius 1 is 1.00 bits per heavy atom. The van der Waals surface area contributed by atoms with Gasteiger partial charge in [0.2, 0.25) is 5.91 Å². The standard InChI is InChI=1S/C23H20ClFN2O3S/c24-20-9-3-1-6-16(20)7-5-13-26-23(28)15-27-21-12-11-17(25)14-19(21)18-8-2-4-10-22(18)31(27,29)30/h1-4,6,8-12,14H,5,7,13,15H2,(H,26,28). The Balaban J connectivity index is 1.49. The molecule has 3 aromatic rings. The molecule has 3 aromatic carbocycles. The highest BCUT2D eigenvalue weighted by molar-refractivity contribution is 7.93. The Labute approximate surface area is 185 Å². The second kappa shape index (κ2) is 8.69. The molecule has 1 aliphatic rings. The van der Waals surface area contributed by atoms with E-state index in [1.807, 2.05) is 24.3 Å². The van der Waals surface area contributed by atoms with Crippen LogP contribution in [0.2, 0.25) is 5.02 Å². The van der Waals surface area contributed by atoms with Crippen LogP contribution in [0, 0.1) is 5.82 Å². The molecule has 8 heteroatoms. The lowest BCUT2D eigenvalue weighted by atomic mass is 10.0. The number of rotatable bonds is 6. The van der Waals surface area contributed by atoms with Gasteiger partial charge in [0.25, 0.3) is 10.0 Å². The van der Waals surface area contributed by atoms with E-state index in [1.165, 1.54) is 24.3 Å². The van der Waals surface area contributed by atoms with Crippen LogP contribution in [-0.2, 0) is 21.2 Å². The third-order valence-electron chi connectivity index (χ3n) is 5.16. The Morgan fingerprint density at radius 3 is 2.55 bits per heavy atom. The van der Waals surface area contributed by atoms with E-state index in [0.717, 1.165) is 9.87 Å². The van der Waals surface area contributed by atoms with Crippen molar-refractivity contribution in [3.05, 3.63) is 83.1 Å². The zero-order valence-electron chi connectivity index (χ0n) is 16.5. The number of hydrogen-bond acceptors (Lipinski definition) is 3. The lowest BCUT2D eigenvalue weighted by molar-refractivity contribution is -0.119. The molecule has 1 amide bonds. The van der Waals surface area contributed by atoms with Gasteiger partial charge in [-0.25, -0.2) is 12.8 Å². The average molecular weight is 459 g/mol. The minimum Gasteiger partial charge on any atom is -0.355 e. The van der Waals surface area contributed by atoms with Crippen molar-refractivity contribution in [1.29, 1.82) is 0 Å². The van der Waals surface area contributed by atoms with Crippen LogP contribution in [0.25, 0.3) is 11.1 Å². The first-order chi connectivity index (χ1) is 14.9. The number of benzene rings is 3. The van der Waals surface area contributed by atoms with Gasteiger partial charge >= 0.3 is 0 Å². The second-order valence-corrected chi connectivity index (χ2v) is 9.45. The first kappa shape index (κ1) is 21.3. The molecule has 0 bridgehead atoms. The summed E-state index contributed by atoms with van der Waals surface area (Å²) in [6.07, 6.45) is 1.35. The number of nitrogens with one attached hydrogen (secondary N) is 1. The van der Waals surface area contributed by atoms with Gasteiger partial charge in [0.1, 0.15) is 12.4 Å². The van der Waals surface area contributed by atoms with E-state index in [1.54, 1.807) is 18.2 Å². The summed E-state index contributed by atoms with van der Waals surface area (Å²) in [5.41, 5.74) is 2.14. The van der Waals surface area contributed by atoms with E-state index in [-0.39, 0.29) is 17.1 Å². The fraction of sp³-hybridized carbons (Fsp3) is 0.174. The van der Waals surface area contributed by atoms with Crippen molar-refractivity contribution in [2.45, 2.75) is 17.7 Å². The van der Waals surface area contributed by atoms with Gasteiger partial charge in [0.05, 0.1) is 10.6 Å². The quantitative estimate of drug-likeness (QED) is 0.556. The maximum atomic E-state index is 13.9. The van der Waals surface area contributed by atoms with Gasteiger partial charge in [0, 0.05) is 22.7 Å². The van der Waals surface area contributed by atoms with Crippen LogP contribution in [0.4, 0.5) is 10.1 Å². The van der Waals surface area contributed by atoms with Gasteiger partial charge in [-0.1, -0.05) is 48.0 Å². The predicted molar refractivity (Wildman–Crippen MR) is 119 cm³/mol. The van der Waals surface area contributed by atoms with E-state index in [2.05, 4.69) is 5.32 Å². The zero-order valence-corrected chi connectivity index (χ0v) is 18.1. The van der Waals surface area contributed by atoms with Gasteiger partial charge in [-0.3, -0.25) is 9.10 Å². The summed E-state index contributed by atoms with van der Waals surface area (Å²) in [5.74, 6) is -0.908. The monoisotopic (exact) mass is 458 g/mol. The third kappa shape index (κ3) is 4.29. The lowest BCUT2D eigenvalue weighted by Gasteiger charge is -2.31. The van der Waals surface area contributed by atoms with Crippen molar-refractivity contribution in [2.24, 2.45) is 0 Å². The number of carbonyl (C=O) groups is 1. The number of anilines is 1. The fourth-order valence-corrected chi connectivity index (χ4v) is 5.55. The highest BCUT2D eigenvalue weighted by Gasteiger charge is 2.35. The molecule has 0 spiro atoms. The highest BCUT2D eigenvalue weighted by Crippen LogP contribution is 2.42. The van der Waals surface area contributed by atoms with Crippen molar-refractivity contribution in [3.8, 4) is 11.1 Å². The molecular formula is C23H20ClFN2O3S. The van der Waals surface area contributed by atoms with Crippen LogP contribution in [0.15, 0.2) is 71.6 Å². The van der Waals surface area contributed by atoms with Gasteiger partial charge in [-0.05, 0) is 48.7 Å². The maximum absolute atomic E-state index is 13.9. The molecular weight excluding hydrogens is 439 g/mol. The largest absolute Gasteiger partial charge is 0.355 e. The van der Waals surface area contributed by atoms with Crippen molar-refractivity contribution in [3.63, 3.8) is 0 Å². The molecule has 0 saturated heterocycles. The molecule has 4 rings (SSSR count). The van der Waals surface area contributed by atoms with Crippen molar-refractivity contribution < 1.29 is 17.6 Å². The molecule has 0 unspecified atom stereocenters. The summed E-state index contributed by atoms with van der Waals surface area (Å²) >= 11 is 6.14. The summed E-state index contributed by atoms with van der Waals surface area (Å²) in [5, 5.41) is 3.44. The fourth-order valence-electron chi connectivity index (χ4n) is 3.67. The second-order valence-electron chi connectivity index (χ2n) is 7.21. The van der Waals surface area contributed by atoms with Gasteiger partial charge in [0.15, 0.2) is 0 Å². The lowest BCUT2D eigenvalue weighted by Crippen LogP contribution is -2.42. The third-order valence-corrected chi connectivity index (χ3v) is 7.35. The number of halogens is 2. The molecule has 160 valence electrons. The number of carbonyl (C=O) groups excluding carboxylic acids is 1. The summed E-state index contributed by atoms with van der Waals surface area (Å²) in [4.78, 5) is 12.6. The van der Waals surface area contributed by atoms with Crippen molar-refractivity contribution in [1.82, 2.24) is 5.32 Å². The number of aryl methyl sites for hydroxylation is 1. The molecule has 1 heterocycles. The van der Waals surface area contributed by atoms with Crippen LogP contribution in [0.5, 0.6) is 0 Å². The Bertz CT molecular complexity index is 1250. The first-order valence-corrected chi connectivity index (χ1v) is 11.6.